The molecule has 0 radical (unpaired) electrons. The Labute approximate surface area is 156 Å². The second kappa shape index (κ2) is 5.82. The van der Waals surface area contributed by atoms with Crippen molar-refractivity contribution in [2.24, 2.45) is 40.2 Å². The molecule has 3 fully saturated rings. The number of hydrogen-bond donors (Lipinski definition) is 1. The maximum atomic E-state index is 9.21. The van der Waals surface area contributed by atoms with Gasteiger partial charge in [-0.1, -0.05) is 35.9 Å². The predicted molar refractivity (Wildman–Crippen MR) is 103 cm³/mol. The Kier molecular flexibility index (Phi) is 3.76. The Hall–Kier alpha value is -1.35. The van der Waals surface area contributed by atoms with Gasteiger partial charge in [0.25, 0.3) is 0 Å². The number of oxime groups is 1. The molecule has 1 N–H and O–H groups in total. The molecule has 1 spiro atoms. The van der Waals surface area contributed by atoms with Crippen LogP contribution in [0, 0.1) is 35.0 Å². The van der Waals surface area contributed by atoms with Gasteiger partial charge >= 0.3 is 0 Å². The lowest BCUT2D eigenvalue weighted by atomic mass is 9.48. The fourth-order valence-corrected chi connectivity index (χ4v) is 7.65. The third-order valence-electron chi connectivity index (χ3n) is 8.85. The summed E-state index contributed by atoms with van der Waals surface area (Å²) >= 11 is 0. The van der Waals surface area contributed by atoms with Crippen LogP contribution in [0.2, 0.25) is 0 Å². The van der Waals surface area contributed by atoms with E-state index in [0.717, 1.165) is 49.3 Å². The van der Waals surface area contributed by atoms with Gasteiger partial charge in [0.2, 0.25) is 0 Å². The number of rotatable bonds is 1. The number of hydrogen-bond acceptors (Lipinski definition) is 3. The molecule has 0 bridgehead atoms. The van der Waals surface area contributed by atoms with Crippen molar-refractivity contribution >= 4 is 5.71 Å². The fourth-order valence-electron chi connectivity index (χ4n) is 7.65. The maximum absolute atomic E-state index is 9.21. The molecule has 5 rings (SSSR count). The van der Waals surface area contributed by atoms with Crippen LogP contribution in [-0.4, -0.2) is 23.1 Å². The number of ether oxygens (including phenoxy) is 1. The topological polar surface area (TPSA) is 41.8 Å². The normalized spacial score (nSPS) is 51.0. The smallest absolute Gasteiger partial charge is 0.0923 e. The highest BCUT2D eigenvalue weighted by Gasteiger charge is 2.64. The Balaban J connectivity index is 1.52. The summed E-state index contributed by atoms with van der Waals surface area (Å²) in [5.41, 5.74) is 2.65. The molecule has 3 heteroatoms. The highest BCUT2D eigenvalue weighted by Crippen LogP contribution is 2.67. The number of allylic oxidation sites excluding steroid dienone is 3. The lowest BCUT2D eigenvalue weighted by molar-refractivity contribution is -0.116. The maximum Gasteiger partial charge on any atom is 0.0923 e. The average molecular weight is 354 g/mol. The largest absolute Gasteiger partial charge is 0.411 e. The minimum absolute atomic E-state index is 0.00620. The van der Waals surface area contributed by atoms with E-state index in [1.807, 2.05) is 0 Å². The molecule has 0 aromatic heterocycles. The molecular formula is C23H31NO2. The van der Waals surface area contributed by atoms with E-state index in [0.29, 0.717) is 11.8 Å². The van der Waals surface area contributed by atoms with Crippen LogP contribution in [0.25, 0.3) is 0 Å². The molecular weight excluding hydrogens is 322 g/mol. The Bertz CT molecular complexity index is 707. The first-order chi connectivity index (χ1) is 12.6. The lowest BCUT2D eigenvalue weighted by Gasteiger charge is -2.57. The van der Waals surface area contributed by atoms with E-state index < -0.39 is 0 Å². The summed E-state index contributed by atoms with van der Waals surface area (Å²) in [4.78, 5) is 0. The SMILES string of the molecule is C=C[C@@H]1CC2=C/C(=N/O)CC[C@@H]2C2CC[C@@]3(C)C(CC[C@@]34C=CCO4)C21. The van der Waals surface area contributed by atoms with Crippen LogP contribution in [-0.2, 0) is 4.74 Å². The van der Waals surface area contributed by atoms with Gasteiger partial charge in [-0.25, -0.2) is 0 Å². The van der Waals surface area contributed by atoms with E-state index in [-0.39, 0.29) is 11.0 Å². The molecule has 3 nitrogen and oxygen atoms in total. The standard InChI is InChI=1S/C23H31NO2/c1-3-15-13-16-14-17(24-25)5-6-18(16)19-7-10-22(2)20(21(15)19)8-11-23(22)9-4-12-26-23/h3-4,9,14-15,18-21,25H,1,5-8,10-13H2,2H3/b24-17+/t15-,18+,19?,20?,21?,22+,23+/m1/s1. The highest BCUT2D eigenvalue weighted by molar-refractivity contribution is 5.96. The summed E-state index contributed by atoms with van der Waals surface area (Å²) in [5, 5.41) is 12.7. The monoisotopic (exact) mass is 353 g/mol. The van der Waals surface area contributed by atoms with E-state index in [1.54, 1.807) is 0 Å². The van der Waals surface area contributed by atoms with Crippen molar-refractivity contribution in [2.75, 3.05) is 6.61 Å². The van der Waals surface area contributed by atoms with E-state index >= 15 is 0 Å². The minimum atomic E-state index is -0.00620. The Morgan fingerprint density at radius 3 is 2.92 bits per heavy atom. The summed E-state index contributed by atoms with van der Waals surface area (Å²) < 4.78 is 6.37. The molecule has 1 aliphatic heterocycles. The van der Waals surface area contributed by atoms with Gasteiger partial charge in [0, 0.05) is 5.41 Å². The van der Waals surface area contributed by atoms with Gasteiger partial charge in [-0.15, -0.1) is 6.58 Å². The Morgan fingerprint density at radius 1 is 1.31 bits per heavy atom. The van der Waals surface area contributed by atoms with Gasteiger partial charge in [-0.3, -0.25) is 0 Å². The molecule has 4 aliphatic carbocycles. The van der Waals surface area contributed by atoms with Crippen LogP contribution in [0.5, 0.6) is 0 Å². The summed E-state index contributed by atoms with van der Waals surface area (Å²) in [7, 11) is 0. The second-order valence-corrected chi connectivity index (χ2v) is 9.50. The molecule has 0 saturated heterocycles. The molecule has 5 aliphatic rings. The van der Waals surface area contributed by atoms with Crippen molar-refractivity contribution in [1.82, 2.24) is 0 Å². The summed E-state index contributed by atoms with van der Waals surface area (Å²) in [5.74, 6) is 3.46. The van der Waals surface area contributed by atoms with Crippen LogP contribution in [0.15, 0.2) is 41.6 Å². The van der Waals surface area contributed by atoms with Crippen molar-refractivity contribution in [2.45, 2.75) is 57.5 Å². The van der Waals surface area contributed by atoms with Gasteiger partial charge < -0.3 is 9.94 Å². The van der Waals surface area contributed by atoms with Gasteiger partial charge in [-0.2, -0.15) is 0 Å². The summed E-state index contributed by atoms with van der Waals surface area (Å²) in [6.45, 7) is 7.53. The molecule has 140 valence electrons. The van der Waals surface area contributed by atoms with E-state index in [9.17, 15) is 5.21 Å². The second-order valence-electron chi connectivity index (χ2n) is 9.50. The molecule has 3 saturated carbocycles. The zero-order chi connectivity index (χ0) is 17.9. The fraction of sp³-hybridized carbons (Fsp3) is 0.696. The third kappa shape index (κ3) is 2.07. The van der Waals surface area contributed by atoms with Crippen LogP contribution in [0.4, 0.5) is 0 Å². The molecule has 7 atom stereocenters. The summed E-state index contributed by atoms with van der Waals surface area (Å²) in [6, 6.07) is 0. The first-order valence-corrected chi connectivity index (χ1v) is 10.5. The average Bonchev–Trinajstić information content (AvgIpc) is 3.26. The Morgan fingerprint density at radius 2 is 2.19 bits per heavy atom. The number of fused-ring (bicyclic) bond motifs is 6. The van der Waals surface area contributed by atoms with Crippen LogP contribution in [0.3, 0.4) is 0 Å². The number of nitrogens with zero attached hydrogens (tertiary/aromatic N) is 1. The van der Waals surface area contributed by atoms with Gasteiger partial charge in [-0.05, 0) is 80.6 Å². The van der Waals surface area contributed by atoms with E-state index in [2.05, 4.69) is 43.0 Å². The minimum Gasteiger partial charge on any atom is -0.411 e. The highest BCUT2D eigenvalue weighted by atomic mass is 16.5. The van der Waals surface area contributed by atoms with Gasteiger partial charge in [0.1, 0.15) is 0 Å². The van der Waals surface area contributed by atoms with Crippen molar-refractivity contribution in [3.05, 3.63) is 36.5 Å². The zero-order valence-electron chi connectivity index (χ0n) is 15.9. The molecule has 0 amide bonds. The third-order valence-corrected chi connectivity index (χ3v) is 8.85. The van der Waals surface area contributed by atoms with Crippen LogP contribution >= 0.6 is 0 Å². The van der Waals surface area contributed by atoms with Crippen molar-refractivity contribution < 1.29 is 9.94 Å². The van der Waals surface area contributed by atoms with Crippen molar-refractivity contribution in [3.8, 4) is 0 Å². The summed E-state index contributed by atoms with van der Waals surface area (Å²) in [6.07, 6.45) is 17.3. The molecule has 3 unspecified atom stereocenters. The molecule has 1 heterocycles. The van der Waals surface area contributed by atoms with Crippen molar-refractivity contribution in [1.29, 1.82) is 0 Å². The van der Waals surface area contributed by atoms with E-state index in [4.69, 9.17) is 4.74 Å². The molecule has 26 heavy (non-hydrogen) atoms. The van der Waals surface area contributed by atoms with E-state index in [1.165, 1.54) is 31.3 Å². The predicted octanol–water partition coefficient (Wildman–Crippen LogP) is 5.13. The first-order valence-electron chi connectivity index (χ1n) is 10.5. The first kappa shape index (κ1) is 16.8. The molecule has 0 aromatic rings. The lowest BCUT2D eigenvalue weighted by Crippen LogP contribution is -2.54. The quantitative estimate of drug-likeness (QED) is 0.403. The van der Waals surface area contributed by atoms with Crippen LogP contribution in [0.1, 0.15) is 51.9 Å². The van der Waals surface area contributed by atoms with Gasteiger partial charge in [0.15, 0.2) is 0 Å². The van der Waals surface area contributed by atoms with Crippen LogP contribution < -0.4 is 0 Å². The zero-order valence-corrected chi connectivity index (χ0v) is 15.9. The van der Waals surface area contributed by atoms with Crippen molar-refractivity contribution in [3.63, 3.8) is 0 Å². The van der Waals surface area contributed by atoms with Gasteiger partial charge in [0.05, 0.1) is 17.9 Å². The molecule has 0 aromatic carbocycles.